The molecule has 0 fully saturated rings. The molecular formula is C2HClN2S2. The van der Waals surface area contributed by atoms with E-state index < -0.39 is 0 Å². The Morgan fingerprint density at radius 2 is 2.57 bits per heavy atom. The van der Waals surface area contributed by atoms with Crippen LogP contribution in [-0.4, -0.2) is 9.59 Å². The molecule has 38 valence electrons. The zero-order valence-corrected chi connectivity index (χ0v) is 5.53. The summed E-state index contributed by atoms with van der Waals surface area (Å²) >= 11 is 11.3. The standard InChI is InChI=1S/C2HClN2S2/c3-1-2(6)7-5-4-1/h5H. The van der Waals surface area contributed by atoms with Crippen LogP contribution < -0.4 is 0 Å². The Bertz CT molecular complexity index is 201. The number of H-pyrrole nitrogens is 1. The third kappa shape index (κ3) is 0.992. The Kier molecular flexibility index (Phi) is 1.41. The Balaban J connectivity index is 3.39. The summed E-state index contributed by atoms with van der Waals surface area (Å²) in [7, 11) is 0. The summed E-state index contributed by atoms with van der Waals surface area (Å²) in [6, 6.07) is 0. The van der Waals surface area contributed by atoms with Crippen molar-refractivity contribution < 1.29 is 0 Å². The zero-order valence-electron chi connectivity index (χ0n) is 3.14. The van der Waals surface area contributed by atoms with Gasteiger partial charge < -0.3 is 0 Å². The molecular weight excluding hydrogens is 152 g/mol. The van der Waals surface area contributed by atoms with Crippen molar-refractivity contribution in [3.05, 3.63) is 8.98 Å². The van der Waals surface area contributed by atoms with Gasteiger partial charge in [0.1, 0.15) is 3.82 Å². The molecule has 0 radical (unpaired) electrons. The number of hydrogen-bond acceptors (Lipinski definition) is 3. The van der Waals surface area contributed by atoms with Gasteiger partial charge in [0.15, 0.2) is 5.15 Å². The maximum absolute atomic E-state index is 5.39. The minimum absolute atomic E-state index is 0.389. The number of rotatable bonds is 0. The van der Waals surface area contributed by atoms with E-state index >= 15 is 0 Å². The Hall–Kier alpha value is 0.0700. The van der Waals surface area contributed by atoms with Gasteiger partial charge in [-0.2, -0.15) is 5.10 Å². The lowest BCUT2D eigenvalue weighted by Crippen LogP contribution is -1.58. The van der Waals surface area contributed by atoms with Crippen molar-refractivity contribution in [2.24, 2.45) is 0 Å². The first-order valence-corrected chi connectivity index (χ1v) is 3.10. The average Bonchev–Trinajstić information content (AvgIpc) is 1.91. The van der Waals surface area contributed by atoms with Gasteiger partial charge in [0.2, 0.25) is 0 Å². The van der Waals surface area contributed by atoms with Crippen molar-refractivity contribution in [2.75, 3.05) is 0 Å². The average molecular weight is 153 g/mol. The lowest BCUT2D eigenvalue weighted by Gasteiger charge is -1.61. The van der Waals surface area contributed by atoms with Gasteiger partial charge in [-0.25, -0.2) is 4.49 Å². The molecule has 1 aromatic rings. The van der Waals surface area contributed by atoms with Crippen molar-refractivity contribution in [1.82, 2.24) is 9.59 Å². The molecule has 0 amide bonds. The van der Waals surface area contributed by atoms with Crippen LogP contribution in [0.1, 0.15) is 0 Å². The number of halogens is 1. The van der Waals surface area contributed by atoms with Crippen LogP contribution in [0.3, 0.4) is 0 Å². The summed E-state index contributed by atoms with van der Waals surface area (Å²) in [5.41, 5.74) is 0. The van der Waals surface area contributed by atoms with Crippen LogP contribution >= 0.6 is 35.4 Å². The number of nitrogens with one attached hydrogen (secondary N) is 1. The molecule has 1 N–H and O–H groups in total. The van der Waals surface area contributed by atoms with E-state index in [9.17, 15) is 0 Å². The number of hydrogen-bond donors (Lipinski definition) is 1. The van der Waals surface area contributed by atoms with E-state index in [2.05, 4.69) is 21.8 Å². The van der Waals surface area contributed by atoms with Crippen molar-refractivity contribution >= 4 is 35.4 Å². The monoisotopic (exact) mass is 152 g/mol. The van der Waals surface area contributed by atoms with Crippen LogP contribution in [0.15, 0.2) is 0 Å². The van der Waals surface area contributed by atoms with Crippen LogP contribution in [0.2, 0.25) is 5.15 Å². The van der Waals surface area contributed by atoms with E-state index in [1.54, 1.807) is 0 Å². The molecule has 1 heterocycles. The summed E-state index contributed by atoms with van der Waals surface area (Å²) in [5, 5.41) is 3.96. The molecule has 0 aliphatic rings. The molecule has 0 aromatic carbocycles. The molecule has 1 rings (SSSR count). The van der Waals surface area contributed by atoms with Crippen LogP contribution in [0.5, 0.6) is 0 Å². The van der Waals surface area contributed by atoms with Crippen molar-refractivity contribution in [1.29, 1.82) is 0 Å². The predicted molar refractivity (Wildman–Crippen MR) is 32.3 cm³/mol. The van der Waals surface area contributed by atoms with Gasteiger partial charge in [-0.05, 0) is 11.5 Å². The van der Waals surface area contributed by atoms with Crippen LogP contribution in [0, 0.1) is 3.82 Å². The van der Waals surface area contributed by atoms with E-state index in [-0.39, 0.29) is 0 Å². The van der Waals surface area contributed by atoms with Gasteiger partial charge in [-0.1, -0.05) is 23.8 Å². The lowest BCUT2D eigenvalue weighted by atomic mass is 11.0. The van der Waals surface area contributed by atoms with Crippen molar-refractivity contribution in [2.45, 2.75) is 0 Å². The second-order valence-electron chi connectivity index (χ2n) is 0.883. The first kappa shape index (κ1) is 5.21. The highest BCUT2D eigenvalue weighted by Crippen LogP contribution is 2.07. The SMILES string of the molecule is S=c1s[nH]nc1Cl. The van der Waals surface area contributed by atoms with Gasteiger partial charge in [-0.15, -0.1) is 0 Å². The van der Waals surface area contributed by atoms with Gasteiger partial charge >= 0.3 is 0 Å². The fraction of sp³-hybridized carbons (Fsp3) is 0. The highest BCUT2D eigenvalue weighted by Gasteiger charge is 1.88. The van der Waals surface area contributed by atoms with E-state index in [1.807, 2.05) is 0 Å². The minimum atomic E-state index is 0.389. The molecule has 0 unspecified atom stereocenters. The van der Waals surface area contributed by atoms with Crippen LogP contribution in [0.25, 0.3) is 0 Å². The third-order valence-electron chi connectivity index (χ3n) is 0.451. The predicted octanol–water partition coefficient (Wildman–Crippen LogP) is 1.85. The molecule has 5 heteroatoms. The first-order valence-electron chi connectivity index (χ1n) is 1.50. The highest BCUT2D eigenvalue weighted by atomic mass is 35.5. The molecule has 0 aliphatic carbocycles. The molecule has 1 aromatic heterocycles. The van der Waals surface area contributed by atoms with Gasteiger partial charge in [0, 0.05) is 0 Å². The smallest absolute Gasteiger partial charge is 0.179 e. The summed E-state index contributed by atoms with van der Waals surface area (Å²) in [5.74, 6) is 0. The molecule has 2 nitrogen and oxygen atoms in total. The minimum Gasteiger partial charge on any atom is -0.229 e. The number of aromatic amines is 1. The van der Waals surface area contributed by atoms with E-state index in [1.165, 1.54) is 11.5 Å². The van der Waals surface area contributed by atoms with Crippen LogP contribution in [-0.2, 0) is 0 Å². The second kappa shape index (κ2) is 1.90. The molecule has 0 saturated heterocycles. The third-order valence-corrected chi connectivity index (χ3v) is 1.95. The maximum atomic E-state index is 5.39. The van der Waals surface area contributed by atoms with Crippen molar-refractivity contribution in [3.8, 4) is 0 Å². The summed E-state index contributed by atoms with van der Waals surface area (Å²) in [4.78, 5) is 0. The van der Waals surface area contributed by atoms with E-state index in [0.29, 0.717) is 8.98 Å². The Labute approximate surface area is 54.3 Å². The fourth-order valence-corrected chi connectivity index (χ4v) is 0.907. The fourth-order valence-electron chi connectivity index (χ4n) is 0.192. The largest absolute Gasteiger partial charge is 0.229 e. The summed E-state index contributed by atoms with van der Waals surface area (Å²) < 4.78 is 3.17. The van der Waals surface area contributed by atoms with Gasteiger partial charge in [-0.3, -0.25) is 0 Å². The topological polar surface area (TPSA) is 28.7 Å². The zero-order chi connectivity index (χ0) is 5.28. The van der Waals surface area contributed by atoms with Crippen molar-refractivity contribution in [3.63, 3.8) is 0 Å². The number of aromatic nitrogens is 2. The first-order chi connectivity index (χ1) is 3.30. The second-order valence-corrected chi connectivity index (χ2v) is 2.70. The lowest BCUT2D eigenvalue weighted by molar-refractivity contribution is 1.16. The molecule has 0 saturated carbocycles. The van der Waals surface area contributed by atoms with Gasteiger partial charge in [0.25, 0.3) is 0 Å². The maximum Gasteiger partial charge on any atom is 0.179 e. The molecule has 0 spiro atoms. The van der Waals surface area contributed by atoms with E-state index in [0.717, 1.165) is 0 Å². The summed E-state index contributed by atoms with van der Waals surface area (Å²) in [6.45, 7) is 0. The number of nitrogens with zero attached hydrogens (tertiary/aromatic N) is 1. The van der Waals surface area contributed by atoms with Crippen LogP contribution in [0.4, 0.5) is 0 Å². The van der Waals surface area contributed by atoms with E-state index in [4.69, 9.17) is 11.6 Å². The Morgan fingerprint density at radius 1 is 1.86 bits per heavy atom. The molecule has 0 bridgehead atoms. The molecule has 0 atom stereocenters. The highest BCUT2D eigenvalue weighted by molar-refractivity contribution is 7.73. The molecule has 7 heavy (non-hydrogen) atoms. The summed E-state index contributed by atoms with van der Waals surface area (Å²) in [6.07, 6.45) is 0. The molecule has 0 aliphatic heterocycles. The normalized spacial score (nSPS) is 9.29. The Morgan fingerprint density at radius 3 is 2.71 bits per heavy atom. The van der Waals surface area contributed by atoms with Gasteiger partial charge in [0.05, 0.1) is 0 Å². The quantitative estimate of drug-likeness (QED) is 0.575.